The Kier molecular flexibility index (Phi) is 4.65. The SMILES string of the molecule is Cc1cc(C)n(-c2ncc(NC(=O)/C=C/c3ccccc3F)cn2)n1. The Bertz CT molecular complexity index is 931. The van der Waals surface area contributed by atoms with E-state index >= 15 is 0 Å². The second-order valence-electron chi connectivity index (χ2n) is 5.45. The lowest BCUT2D eigenvalue weighted by atomic mass is 10.2. The molecule has 6 nitrogen and oxygen atoms in total. The van der Waals surface area contributed by atoms with E-state index in [0.717, 1.165) is 11.4 Å². The first kappa shape index (κ1) is 16.5. The lowest BCUT2D eigenvalue weighted by molar-refractivity contribution is -0.111. The van der Waals surface area contributed by atoms with Crippen LogP contribution in [0, 0.1) is 19.7 Å². The van der Waals surface area contributed by atoms with Crippen LogP contribution in [0.3, 0.4) is 0 Å². The molecule has 0 radical (unpaired) electrons. The van der Waals surface area contributed by atoms with Crippen molar-refractivity contribution in [3.8, 4) is 5.95 Å². The summed E-state index contributed by atoms with van der Waals surface area (Å²) >= 11 is 0. The summed E-state index contributed by atoms with van der Waals surface area (Å²) in [6, 6.07) is 8.14. The second kappa shape index (κ2) is 7.04. The normalized spacial score (nSPS) is 11.0. The van der Waals surface area contributed by atoms with Crippen molar-refractivity contribution in [1.29, 1.82) is 0 Å². The number of halogens is 1. The summed E-state index contributed by atoms with van der Waals surface area (Å²) in [5, 5.41) is 6.93. The molecule has 2 aromatic heterocycles. The highest BCUT2D eigenvalue weighted by Crippen LogP contribution is 2.11. The molecule has 1 aromatic carbocycles. The van der Waals surface area contributed by atoms with E-state index in [1.165, 1.54) is 30.6 Å². The Labute approximate surface area is 144 Å². The zero-order valence-corrected chi connectivity index (χ0v) is 13.8. The molecule has 25 heavy (non-hydrogen) atoms. The van der Waals surface area contributed by atoms with Gasteiger partial charge < -0.3 is 5.32 Å². The van der Waals surface area contributed by atoms with Crippen molar-refractivity contribution in [2.24, 2.45) is 0 Å². The van der Waals surface area contributed by atoms with E-state index < -0.39 is 5.91 Å². The largest absolute Gasteiger partial charge is 0.320 e. The Morgan fingerprint density at radius 1 is 1.20 bits per heavy atom. The smallest absolute Gasteiger partial charge is 0.250 e. The minimum atomic E-state index is -0.397. The van der Waals surface area contributed by atoms with Gasteiger partial charge in [0.1, 0.15) is 5.82 Å². The molecule has 0 bridgehead atoms. The van der Waals surface area contributed by atoms with Gasteiger partial charge in [0.15, 0.2) is 0 Å². The maximum Gasteiger partial charge on any atom is 0.250 e. The molecule has 0 saturated carbocycles. The summed E-state index contributed by atoms with van der Waals surface area (Å²) in [5.74, 6) is -0.361. The van der Waals surface area contributed by atoms with Gasteiger partial charge in [-0.3, -0.25) is 4.79 Å². The molecule has 3 aromatic rings. The van der Waals surface area contributed by atoms with Crippen molar-refractivity contribution in [2.45, 2.75) is 13.8 Å². The summed E-state index contributed by atoms with van der Waals surface area (Å²) < 4.78 is 15.1. The molecular weight excluding hydrogens is 321 g/mol. The van der Waals surface area contributed by atoms with Crippen molar-refractivity contribution in [3.05, 3.63) is 71.6 Å². The van der Waals surface area contributed by atoms with Gasteiger partial charge in [-0.15, -0.1) is 0 Å². The number of benzene rings is 1. The molecule has 1 amide bonds. The monoisotopic (exact) mass is 337 g/mol. The fraction of sp³-hybridized carbons (Fsp3) is 0.111. The van der Waals surface area contributed by atoms with E-state index in [4.69, 9.17) is 0 Å². The molecule has 0 fully saturated rings. The average Bonchev–Trinajstić information content (AvgIpc) is 2.93. The van der Waals surface area contributed by atoms with Crippen molar-refractivity contribution in [2.75, 3.05) is 5.32 Å². The third-order valence-corrected chi connectivity index (χ3v) is 3.42. The summed E-state index contributed by atoms with van der Waals surface area (Å²) in [7, 11) is 0. The van der Waals surface area contributed by atoms with Gasteiger partial charge in [-0.25, -0.2) is 19.0 Å². The van der Waals surface area contributed by atoms with Crippen molar-refractivity contribution in [1.82, 2.24) is 19.7 Å². The number of nitrogens with zero attached hydrogens (tertiary/aromatic N) is 4. The number of nitrogens with one attached hydrogen (secondary N) is 1. The summed E-state index contributed by atoms with van der Waals surface area (Å²) in [4.78, 5) is 20.3. The zero-order chi connectivity index (χ0) is 17.8. The van der Waals surface area contributed by atoms with E-state index in [1.54, 1.807) is 22.9 Å². The number of rotatable bonds is 4. The number of anilines is 1. The second-order valence-corrected chi connectivity index (χ2v) is 5.45. The molecule has 0 unspecified atom stereocenters. The van der Waals surface area contributed by atoms with E-state index in [1.807, 2.05) is 19.9 Å². The number of carbonyl (C=O) groups is 1. The van der Waals surface area contributed by atoms with Crippen molar-refractivity contribution >= 4 is 17.7 Å². The minimum Gasteiger partial charge on any atom is -0.320 e. The lowest BCUT2D eigenvalue weighted by Gasteiger charge is -2.04. The number of amides is 1. The molecule has 0 aliphatic carbocycles. The Hall–Kier alpha value is -3.35. The highest BCUT2D eigenvalue weighted by atomic mass is 19.1. The third kappa shape index (κ3) is 3.95. The molecule has 2 heterocycles. The molecule has 0 aliphatic rings. The van der Waals surface area contributed by atoms with Gasteiger partial charge in [-0.05, 0) is 32.1 Å². The van der Waals surface area contributed by atoms with E-state index in [-0.39, 0.29) is 5.82 Å². The quantitative estimate of drug-likeness (QED) is 0.743. The molecule has 3 rings (SSSR count). The maximum atomic E-state index is 13.5. The van der Waals surface area contributed by atoms with Crippen molar-refractivity contribution < 1.29 is 9.18 Å². The van der Waals surface area contributed by atoms with Crippen LogP contribution in [0.4, 0.5) is 10.1 Å². The Balaban J connectivity index is 1.68. The predicted octanol–water partition coefficient (Wildman–Crippen LogP) is 3.07. The number of carbonyl (C=O) groups excluding carboxylic acids is 1. The summed E-state index contributed by atoms with van der Waals surface area (Å²) in [5.41, 5.74) is 2.57. The molecule has 7 heteroatoms. The molecule has 0 spiro atoms. The minimum absolute atomic E-state index is 0.341. The highest BCUT2D eigenvalue weighted by Gasteiger charge is 2.07. The van der Waals surface area contributed by atoms with Crippen LogP contribution in [0.1, 0.15) is 17.0 Å². The fourth-order valence-corrected chi connectivity index (χ4v) is 2.29. The number of aromatic nitrogens is 4. The molecule has 0 atom stereocenters. The van der Waals surface area contributed by atoms with E-state index in [2.05, 4.69) is 20.4 Å². The third-order valence-electron chi connectivity index (χ3n) is 3.42. The fourth-order valence-electron chi connectivity index (χ4n) is 2.29. The van der Waals surface area contributed by atoms with Crippen LogP contribution in [0.15, 0.2) is 48.8 Å². The Morgan fingerprint density at radius 2 is 1.92 bits per heavy atom. The van der Waals surface area contributed by atoms with E-state index in [0.29, 0.717) is 17.2 Å². The van der Waals surface area contributed by atoms with Gasteiger partial charge in [-0.1, -0.05) is 18.2 Å². The molecular formula is C18H16FN5O. The van der Waals surface area contributed by atoms with Gasteiger partial charge in [0.25, 0.3) is 5.95 Å². The molecule has 1 N–H and O–H groups in total. The topological polar surface area (TPSA) is 72.7 Å². The van der Waals surface area contributed by atoms with Crippen LogP contribution in [0.25, 0.3) is 12.0 Å². The maximum absolute atomic E-state index is 13.5. The first-order valence-corrected chi connectivity index (χ1v) is 7.62. The van der Waals surface area contributed by atoms with Crippen LogP contribution >= 0.6 is 0 Å². The first-order chi connectivity index (χ1) is 12.0. The number of aryl methyl sites for hydroxylation is 2. The van der Waals surface area contributed by atoms with Gasteiger partial charge in [0, 0.05) is 17.3 Å². The average molecular weight is 337 g/mol. The number of hydrogen-bond donors (Lipinski definition) is 1. The van der Waals surface area contributed by atoms with Crippen LogP contribution in [-0.2, 0) is 4.79 Å². The van der Waals surface area contributed by atoms with Crippen LogP contribution in [0.5, 0.6) is 0 Å². The number of hydrogen-bond acceptors (Lipinski definition) is 4. The lowest BCUT2D eigenvalue weighted by Crippen LogP contribution is -2.10. The van der Waals surface area contributed by atoms with Gasteiger partial charge in [0.05, 0.1) is 23.8 Å². The van der Waals surface area contributed by atoms with E-state index in [9.17, 15) is 9.18 Å². The van der Waals surface area contributed by atoms with Crippen LogP contribution in [0.2, 0.25) is 0 Å². The molecule has 0 aliphatic heterocycles. The molecule has 0 saturated heterocycles. The first-order valence-electron chi connectivity index (χ1n) is 7.62. The summed E-state index contributed by atoms with van der Waals surface area (Å²) in [6.07, 6.45) is 5.66. The van der Waals surface area contributed by atoms with Gasteiger partial charge in [-0.2, -0.15) is 5.10 Å². The Morgan fingerprint density at radius 3 is 2.56 bits per heavy atom. The van der Waals surface area contributed by atoms with Crippen LogP contribution < -0.4 is 5.32 Å². The van der Waals surface area contributed by atoms with Crippen LogP contribution in [-0.4, -0.2) is 25.7 Å². The molecule has 126 valence electrons. The highest BCUT2D eigenvalue weighted by molar-refractivity contribution is 6.01. The van der Waals surface area contributed by atoms with Crippen molar-refractivity contribution in [3.63, 3.8) is 0 Å². The van der Waals surface area contributed by atoms with Gasteiger partial charge >= 0.3 is 0 Å². The zero-order valence-electron chi connectivity index (χ0n) is 13.8. The predicted molar refractivity (Wildman–Crippen MR) is 92.7 cm³/mol. The van der Waals surface area contributed by atoms with Gasteiger partial charge in [0.2, 0.25) is 5.91 Å². The summed E-state index contributed by atoms with van der Waals surface area (Å²) in [6.45, 7) is 3.80. The standard InChI is InChI=1S/C18H16FN5O/c1-12-9-13(2)24(23-12)18-20-10-15(11-21-18)22-17(25)8-7-14-5-3-4-6-16(14)19/h3-11H,1-2H3,(H,22,25)/b8-7+.